The van der Waals surface area contributed by atoms with Crippen LogP contribution in [0.15, 0.2) is 60.2 Å². The molecular formula is C17H13FO2. The second-order valence-electron chi connectivity index (χ2n) is 4.33. The van der Waals surface area contributed by atoms with E-state index in [1.807, 2.05) is 0 Å². The van der Waals surface area contributed by atoms with E-state index in [-0.39, 0.29) is 16.9 Å². The zero-order valence-electron chi connectivity index (χ0n) is 11.0. The van der Waals surface area contributed by atoms with Crippen molar-refractivity contribution < 1.29 is 14.0 Å². The number of hydrogen-bond acceptors (Lipinski definition) is 2. The summed E-state index contributed by atoms with van der Waals surface area (Å²) in [7, 11) is 0. The minimum Gasteiger partial charge on any atom is -0.294 e. The van der Waals surface area contributed by atoms with E-state index in [0.717, 1.165) is 0 Å². The van der Waals surface area contributed by atoms with Crippen LogP contribution in [0.25, 0.3) is 6.08 Å². The molecule has 0 N–H and O–H groups in total. The quantitative estimate of drug-likeness (QED) is 0.367. The fourth-order valence-corrected chi connectivity index (χ4v) is 1.82. The van der Waals surface area contributed by atoms with Crippen LogP contribution in [0, 0.1) is 5.82 Å². The molecule has 0 aliphatic rings. The summed E-state index contributed by atoms with van der Waals surface area (Å²) in [4.78, 5) is 24.0. The van der Waals surface area contributed by atoms with Gasteiger partial charge in [-0.2, -0.15) is 0 Å². The largest absolute Gasteiger partial charge is 0.294 e. The fraction of sp³-hybridized carbons (Fsp3) is 0.0588. The Bertz CT molecular complexity index is 672. The molecule has 0 fully saturated rings. The van der Waals surface area contributed by atoms with E-state index in [1.165, 1.54) is 25.1 Å². The van der Waals surface area contributed by atoms with Crippen LogP contribution < -0.4 is 0 Å². The van der Waals surface area contributed by atoms with Crippen LogP contribution in [-0.4, -0.2) is 11.6 Å². The fourth-order valence-electron chi connectivity index (χ4n) is 1.82. The highest BCUT2D eigenvalue weighted by atomic mass is 19.1. The van der Waals surface area contributed by atoms with Crippen LogP contribution >= 0.6 is 0 Å². The van der Waals surface area contributed by atoms with E-state index in [0.29, 0.717) is 5.56 Å². The molecule has 0 radical (unpaired) electrons. The van der Waals surface area contributed by atoms with Crippen LogP contribution in [0.2, 0.25) is 0 Å². The number of hydrogen-bond donors (Lipinski definition) is 0. The van der Waals surface area contributed by atoms with Crippen LogP contribution in [0.1, 0.15) is 22.8 Å². The monoisotopic (exact) mass is 268 g/mol. The number of allylic oxidation sites excluding steroid dienone is 1. The van der Waals surface area contributed by atoms with Gasteiger partial charge in [-0.3, -0.25) is 9.59 Å². The van der Waals surface area contributed by atoms with E-state index in [2.05, 4.69) is 0 Å². The SMILES string of the molecule is CC(=O)/C(=C\c1ccccc1F)C(=O)c1ccccc1. The minimum atomic E-state index is -0.466. The smallest absolute Gasteiger partial charge is 0.196 e. The van der Waals surface area contributed by atoms with Gasteiger partial charge in [-0.1, -0.05) is 48.5 Å². The lowest BCUT2D eigenvalue weighted by molar-refractivity contribution is -0.113. The Morgan fingerprint density at radius 3 is 2.15 bits per heavy atom. The molecule has 20 heavy (non-hydrogen) atoms. The lowest BCUT2D eigenvalue weighted by Gasteiger charge is -2.04. The summed E-state index contributed by atoms with van der Waals surface area (Å²) >= 11 is 0. The molecule has 3 heteroatoms. The Labute approximate surface area is 116 Å². The second-order valence-corrected chi connectivity index (χ2v) is 4.33. The molecule has 0 saturated heterocycles. The maximum absolute atomic E-state index is 13.6. The molecule has 0 bridgehead atoms. The normalized spacial score (nSPS) is 11.2. The van der Waals surface area contributed by atoms with Gasteiger partial charge in [0.05, 0.1) is 5.57 Å². The zero-order valence-corrected chi connectivity index (χ0v) is 11.0. The van der Waals surface area contributed by atoms with Gasteiger partial charge in [0.1, 0.15) is 5.82 Å². The van der Waals surface area contributed by atoms with Gasteiger partial charge in [-0.25, -0.2) is 4.39 Å². The Hall–Kier alpha value is -2.55. The number of rotatable bonds is 4. The van der Waals surface area contributed by atoms with Gasteiger partial charge < -0.3 is 0 Å². The van der Waals surface area contributed by atoms with E-state index in [4.69, 9.17) is 0 Å². The number of carbonyl (C=O) groups excluding carboxylic acids is 2. The molecule has 0 spiro atoms. The van der Waals surface area contributed by atoms with Crippen molar-refractivity contribution in [1.82, 2.24) is 0 Å². The van der Waals surface area contributed by atoms with E-state index >= 15 is 0 Å². The third-order valence-electron chi connectivity index (χ3n) is 2.86. The van der Waals surface area contributed by atoms with Gasteiger partial charge in [0.15, 0.2) is 11.6 Å². The lowest BCUT2D eigenvalue weighted by atomic mass is 9.98. The van der Waals surface area contributed by atoms with Crippen molar-refractivity contribution in [1.29, 1.82) is 0 Å². The Kier molecular flexibility index (Phi) is 4.20. The van der Waals surface area contributed by atoms with Gasteiger partial charge in [0, 0.05) is 11.1 Å². The first-order valence-corrected chi connectivity index (χ1v) is 6.16. The number of Topliss-reactive ketones (excluding diaryl/α,β-unsaturated/α-hetero) is 2. The molecule has 0 aromatic heterocycles. The Balaban J connectivity index is 2.45. The van der Waals surface area contributed by atoms with Crippen molar-refractivity contribution in [3.8, 4) is 0 Å². The second kappa shape index (κ2) is 6.06. The summed E-state index contributed by atoms with van der Waals surface area (Å²) < 4.78 is 13.6. The summed E-state index contributed by atoms with van der Waals surface area (Å²) in [6, 6.07) is 14.5. The molecule has 100 valence electrons. The van der Waals surface area contributed by atoms with Crippen molar-refractivity contribution in [2.75, 3.05) is 0 Å². The van der Waals surface area contributed by atoms with Crippen molar-refractivity contribution in [2.24, 2.45) is 0 Å². The third kappa shape index (κ3) is 3.06. The summed E-state index contributed by atoms with van der Waals surface area (Å²) in [5.41, 5.74) is 0.605. The Morgan fingerprint density at radius 1 is 0.950 bits per heavy atom. The van der Waals surface area contributed by atoms with Crippen LogP contribution in [-0.2, 0) is 4.79 Å². The van der Waals surface area contributed by atoms with Crippen molar-refractivity contribution in [2.45, 2.75) is 6.92 Å². The van der Waals surface area contributed by atoms with Gasteiger partial charge in [0.2, 0.25) is 0 Å². The van der Waals surface area contributed by atoms with E-state index in [9.17, 15) is 14.0 Å². The topological polar surface area (TPSA) is 34.1 Å². The molecule has 2 aromatic rings. The maximum atomic E-state index is 13.6. The summed E-state index contributed by atoms with van der Waals surface area (Å²) in [6.45, 7) is 1.30. The highest BCUT2D eigenvalue weighted by Gasteiger charge is 2.16. The number of ketones is 2. The van der Waals surface area contributed by atoms with Crippen LogP contribution in [0.3, 0.4) is 0 Å². The van der Waals surface area contributed by atoms with Crippen molar-refractivity contribution in [3.05, 3.63) is 77.1 Å². The standard InChI is InChI=1S/C17H13FO2/c1-12(19)15(11-14-9-5-6-10-16(14)18)17(20)13-7-3-2-4-8-13/h2-11H,1H3/b15-11+. The average molecular weight is 268 g/mol. The first kappa shape index (κ1) is 13.9. The molecule has 0 saturated carbocycles. The maximum Gasteiger partial charge on any atom is 0.196 e. The summed E-state index contributed by atoms with van der Waals surface area (Å²) in [5, 5.41) is 0. The molecule has 0 amide bonds. The molecule has 0 aliphatic heterocycles. The van der Waals surface area contributed by atoms with Crippen molar-refractivity contribution >= 4 is 17.6 Å². The Morgan fingerprint density at radius 2 is 1.55 bits per heavy atom. The van der Waals surface area contributed by atoms with E-state index < -0.39 is 11.6 Å². The van der Waals surface area contributed by atoms with Gasteiger partial charge in [0.25, 0.3) is 0 Å². The van der Waals surface area contributed by atoms with Crippen molar-refractivity contribution in [3.63, 3.8) is 0 Å². The molecule has 2 rings (SSSR count). The molecule has 0 aliphatic carbocycles. The first-order chi connectivity index (χ1) is 9.59. The number of benzene rings is 2. The first-order valence-electron chi connectivity index (χ1n) is 6.16. The highest BCUT2D eigenvalue weighted by Crippen LogP contribution is 2.16. The lowest BCUT2D eigenvalue weighted by Crippen LogP contribution is -2.10. The zero-order chi connectivity index (χ0) is 14.5. The van der Waals surface area contributed by atoms with Crippen LogP contribution in [0.4, 0.5) is 4.39 Å². The van der Waals surface area contributed by atoms with Gasteiger partial charge >= 0.3 is 0 Å². The molecule has 0 heterocycles. The number of carbonyl (C=O) groups is 2. The summed E-state index contributed by atoms with van der Waals surface area (Å²) in [6.07, 6.45) is 1.30. The molecular weight excluding hydrogens is 255 g/mol. The van der Waals surface area contributed by atoms with Crippen LogP contribution in [0.5, 0.6) is 0 Å². The minimum absolute atomic E-state index is 0.0266. The van der Waals surface area contributed by atoms with Gasteiger partial charge in [-0.05, 0) is 19.1 Å². The molecule has 2 nitrogen and oxygen atoms in total. The predicted molar refractivity (Wildman–Crippen MR) is 75.8 cm³/mol. The molecule has 0 unspecified atom stereocenters. The number of halogens is 1. The third-order valence-corrected chi connectivity index (χ3v) is 2.86. The summed E-state index contributed by atoms with van der Waals surface area (Å²) in [5.74, 6) is -1.25. The molecule has 0 atom stereocenters. The van der Waals surface area contributed by atoms with E-state index in [1.54, 1.807) is 42.5 Å². The highest BCUT2D eigenvalue weighted by molar-refractivity contribution is 6.28. The average Bonchev–Trinajstić information content (AvgIpc) is 2.46. The molecule has 2 aromatic carbocycles. The van der Waals surface area contributed by atoms with Gasteiger partial charge in [-0.15, -0.1) is 0 Å². The predicted octanol–water partition coefficient (Wildman–Crippen LogP) is 3.68.